The van der Waals surface area contributed by atoms with Crippen molar-refractivity contribution in [2.45, 2.75) is 19.4 Å². The van der Waals surface area contributed by atoms with E-state index in [9.17, 15) is 9.59 Å². The molecule has 78 valence electrons. The number of amides is 2. The van der Waals surface area contributed by atoms with Crippen LogP contribution in [0.15, 0.2) is 0 Å². The molecule has 0 heterocycles. The van der Waals surface area contributed by atoms with Crippen molar-refractivity contribution in [3.8, 4) is 12.3 Å². The molecule has 5 heteroatoms. The smallest absolute Gasteiger partial charge is 0.329 e. The minimum atomic E-state index is -1.25. The number of rotatable bonds is 3. The van der Waals surface area contributed by atoms with Gasteiger partial charge in [0.15, 0.2) is 0 Å². The molecule has 0 aliphatic rings. The van der Waals surface area contributed by atoms with Crippen LogP contribution in [0.1, 0.15) is 13.8 Å². The van der Waals surface area contributed by atoms with E-state index in [0.717, 1.165) is 4.90 Å². The highest BCUT2D eigenvalue weighted by Crippen LogP contribution is 2.11. The fraction of sp³-hybridized carbons (Fsp3) is 0.556. The molecular weight excluding hydrogens is 184 g/mol. The molecule has 0 aliphatic heterocycles. The summed E-state index contributed by atoms with van der Waals surface area (Å²) in [7, 11) is 1.40. The fourth-order valence-electron chi connectivity index (χ4n) is 0.643. The van der Waals surface area contributed by atoms with Gasteiger partial charge in [0.2, 0.25) is 0 Å². The standard InChI is InChI=1S/C9H14N2O3/c1-5-6-10-8(14)11(4)9(2,3)7(12)13/h1H,6H2,2-4H3,(H,10,14)(H,12,13). The Morgan fingerprint density at radius 2 is 2.07 bits per heavy atom. The third-order valence-corrected chi connectivity index (χ3v) is 2.01. The summed E-state index contributed by atoms with van der Waals surface area (Å²) in [5, 5.41) is 11.2. The van der Waals surface area contributed by atoms with Crippen molar-refractivity contribution < 1.29 is 14.7 Å². The lowest BCUT2D eigenvalue weighted by molar-refractivity contribution is -0.146. The van der Waals surface area contributed by atoms with Crippen LogP contribution in [0, 0.1) is 12.3 Å². The number of urea groups is 1. The molecule has 0 aliphatic carbocycles. The summed E-state index contributed by atoms with van der Waals surface area (Å²) in [5.41, 5.74) is -1.25. The average molecular weight is 198 g/mol. The van der Waals surface area contributed by atoms with E-state index >= 15 is 0 Å². The molecule has 14 heavy (non-hydrogen) atoms. The van der Waals surface area contributed by atoms with Gasteiger partial charge in [-0.15, -0.1) is 6.42 Å². The lowest BCUT2D eigenvalue weighted by Crippen LogP contribution is -2.54. The highest BCUT2D eigenvalue weighted by molar-refractivity contribution is 5.85. The first kappa shape index (κ1) is 12.3. The highest BCUT2D eigenvalue weighted by atomic mass is 16.4. The predicted octanol–water partition coefficient (Wildman–Crippen LogP) is 0.124. The van der Waals surface area contributed by atoms with Gasteiger partial charge in [-0.1, -0.05) is 5.92 Å². The maximum absolute atomic E-state index is 11.3. The van der Waals surface area contributed by atoms with Crippen LogP contribution in [0.25, 0.3) is 0 Å². The van der Waals surface area contributed by atoms with Crippen LogP contribution in [0.4, 0.5) is 4.79 Å². The monoisotopic (exact) mass is 198 g/mol. The van der Waals surface area contributed by atoms with Gasteiger partial charge in [0, 0.05) is 7.05 Å². The Morgan fingerprint density at radius 1 is 1.57 bits per heavy atom. The van der Waals surface area contributed by atoms with Crippen LogP contribution < -0.4 is 5.32 Å². The third kappa shape index (κ3) is 2.66. The quantitative estimate of drug-likeness (QED) is 0.633. The maximum atomic E-state index is 11.3. The van der Waals surface area contributed by atoms with E-state index in [-0.39, 0.29) is 6.54 Å². The molecular formula is C9H14N2O3. The lowest BCUT2D eigenvalue weighted by Gasteiger charge is -2.31. The molecule has 0 rings (SSSR count). The first-order chi connectivity index (χ1) is 6.34. The van der Waals surface area contributed by atoms with Crippen LogP contribution in [-0.4, -0.2) is 41.1 Å². The van der Waals surface area contributed by atoms with Crippen molar-refractivity contribution in [2.75, 3.05) is 13.6 Å². The lowest BCUT2D eigenvalue weighted by atomic mass is 10.1. The zero-order chi connectivity index (χ0) is 11.4. The fourth-order valence-corrected chi connectivity index (χ4v) is 0.643. The molecule has 0 unspecified atom stereocenters. The summed E-state index contributed by atoms with van der Waals surface area (Å²) in [6.07, 6.45) is 4.95. The second kappa shape index (κ2) is 4.51. The third-order valence-electron chi connectivity index (χ3n) is 2.01. The molecule has 5 nitrogen and oxygen atoms in total. The summed E-state index contributed by atoms with van der Waals surface area (Å²) < 4.78 is 0. The number of carbonyl (C=O) groups excluding carboxylic acids is 1. The number of carbonyl (C=O) groups is 2. The zero-order valence-electron chi connectivity index (χ0n) is 8.50. The van der Waals surface area contributed by atoms with Crippen LogP contribution in [-0.2, 0) is 4.79 Å². The maximum Gasteiger partial charge on any atom is 0.329 e. The summed E-state index contributed by atoms with van der Waals surface area (Å²) in [5.74, 6) is 1.15. The number of terminal acetylenes is 1. The van der Waals surface area contributed by atoms with Crippen LogP contribution >= 0.6 is 0 Å². The topological polar surface area (TPSA) is 69.6 Å². The Morgan fingerprint density at radius 3 is 2.43 bits per heavy atom. The van der Waals surface area contributed by atoms with Gasteiger partial charge in [-0.25, -0.2) is 9.59 Å². The minimum Gasteiger partial charge on any atom is -0.480 e. The molecule has 0 atom stereocenters. The minimum absolute atomic E-state index is 0.0822. The van der Waals surface area contributed by atoms with Gasteiger partial charge in [-0.3, -0.25) is 0 Å². The van der Waals surface area contributed by atoms with E-state index in [1.54, 1.807) is 0 Å². The number of aliphatic carboxylic acids is 1. The van der Waals surface area contributed by atoms with E-state index < -0.39 is 17.5 Å². The van der Waals surface area contributed by atoms with Gasteiger partial charge >= 0.3 is 12.0 Å². The molecule has 0 radical (unpaired) electrons. The molecule has 0 fully saturated rings. The zero-order valence-corrected chi connectivity index (χ0v) is 8.50. The largest absolute Gasteiger partial charge is 0.480 e. The van der Waals surface area contributed by atoms with Crippen molar-refractivity contribution in [2.24, 2.45) is 0 Å². The van der Waals surface area contributed by atoms with Crippen LogP contribution in [0.2, 0.25) is 0 Å². The molecule has 0 aromatic rings. The number of carboxylic acids is 1. The second-order valence-electron chi connectivity index (χ2n) is 3.29. The van der Waals surface area contributed by atoms with Crippen molar-refractivity contribution in [1.82, 2.24) is 10.2 Å². The molecule has 2 N–H and O–H groups in total. The highest BCUT2D eigenvalue weighted by Gasteiger charge is 2.34. The number of likely N-dealkylation sites (N-methyl/N-ethyl adjacent to an activating group) is 1. The first-order valence-corrected chi connectivity index (χ1v) is 4.02. The van der Waals surface area contributed by atoms with E-state index in [1.165, 1.54) is 20.9 Å². The summed E-state index contributed by atoms with van der Waals surface area (Å²) in [6.45, 7) is 2.95. The molecule has 0 saturated carbocycles. The van der Waals surface area contributed by atoms with Crippen molar-refractivity contribution in [3.63, 3.8) is 0 Å². The number of nitrogens with one attached hydrogen (secondary N) is 1. The summed E-state index contributed by atoms with van der Waals surface area (Å²) in [6, 6.07) is -0.504. The van der Waals surface area contributed by atoms with Crippen molar-refractivity contribution in [3.05, 3.63) is 0 Å². The molecule has 2 amide bonds. The Hall–Kier alpha value is -1.70. The SMILES string of the molecule is C#CCNC(=O)N(C)C(C)(C)C(=O)O. The Balaban J connectivity index is 4.47. The number of nitrogens with zero attached hydrogens (tertiary/aromatic N) is 1. The van der Waals surface area contributed by atoms with E-state index in [4.69, 9.17) is 11.5 Å². The van der Waals surface area contributed by atoms with Gasteiger partial charge in [-0.2, -0.15) is 0 Å². The normalized spacial score (nSPS) is 10.1. The Bertz CT molecular complexity index is 278. The van der Waals surface area contributed by atoms with E-state index in [1.807, 2.05) is 0 Å². The molecule has 0 bridgehead atoms. The Labute approximate surface area is 83.1 Å². The second-order valence-corrected chi connectivity index (χ2v) is 3.29. The number of hydrogen-bond donors (Lipinski definition) is 2. The van der Waals surface area contributed by atoms with Gasteiger partial charge < -0.3 is 15.3 Å². The van der Waals surface area contributed by atoms with Gasteiger partial charge in [0.05, 0.1) is 6.54 Å². The number of carboxylic acid groups (broad SMARTS) is 1. The summed E-state index contributed by atoms with van der Waals surface area (Å²) in [4.78, 5) is 23.2. The van der Waals surface area contributed by atoms with Gasteiger partial charge in [0.1, 0.15) is 5.54 Å². The number of hydrogen-bond acceptors (Lipinski definition) is 2. The average Bonchev–Trinajstić information content (AvgIpc) is 2.12. The summed E-state index contributed by atoms with van der Waals surface area (Å²) >= 11 is 0. The van der Waals surface area contributed by atoms with Crippen LogP contribution in [0.5, 0.6) is 0 Å². The van der Waals surface area contributed by atoms with Gasteiger partial charge in [0.25, 0.3) is 0 Å². The molecule has 0 saturated heterocycles. The molecule has 0 aromatic carbocycles. The predicted molar refractivity (Wildman–Crippen MR) is 51.7 cm³/mol. The van der Waals surface area contributed by atoms with Crippen molar-refractivity contribution in [1.29, 1.82) is 0 Å². The first-order valence-electron chi connectivity index (χ1n) is 4.02. The molecule has 0 aromatic heterocycles. The Kier molecular flexibility index (Phi) is 3.96. The van der Waals surface area contributed by atoms with Crippen LogP contribution in [0.3, 0.4) is 0 Å². The van der Waals surface area contributed by atoms with E-state index in [0.29, 0.717) is 0 Å². The van der Waals surface area contributed by atoms with Gasteiger partial charge in [-0.05, 0) is 13.8 Å². The molecule has 0 spiro atoms. The van der Waals surface area contributed by atoms with Crippen molar-refractivity contribution >= 4 is 12.0 Å². The van der Waals surface area contributed by atoms with E-state index in [2.05, 4.69) is 11.2 Å².